The van der Waals surface area contributed by atoms with Crippen molar-refractivity contribution in [2.24, 2.45) is 0 Å². The van der Waals surface area contributed by atoms with E-state index >= 15 is 0 Å². The van der Waals surface area contributed by atoms with Crippen molar-refractivity contribution in [3.8, 4) is 10.8 Å². The summed E-state index contributed by atoms with van der Waals surface area (Å²) in [5, 5.41) is 14.2. The van der Waals surface area contributed by atoms with Crippen LogP contribution in [0.3, 0.4) is 0 Å². The maximum atomic E-state index is 8.67. The Kier molecular flexibility index (Phi) is 2.47. The average molecular weight is 211 g/mol. The molecular weight excluding hydrogens is 202 g/mol. The van der Waals surface area contributed by atoms with E-state index in [1.165, 1.54) is 11.3 Å². The van der Waals surface area contributed by atoms with Crippen LogP contribution in [0.4, 0.5) is 5.69 Å². The van der Waals surface area contributed by atoms with Crippen LogP contribution in [0.25, 0.3) is 10.8 Å². The van der Waals surface area contributed by atoms with E-state index in [4.69, 9.17) is 15.4 Å². The minimum atomic E-state index is 0.0128. The van der Waals surface area contributed by atoms with E-state index in [2.05, 4.69) is 10.1 Å². The Hall–Kier alpha value is -1.40. The lowest BCUT2D eigenvalue weighted by molar-refractivity contribution is 0.293. The molecule has 3 N–H and O–H groups in total. The van der Waals surface area contributed by atoms with Gasteiger partial charge in [-0.25, -0.2) is 0 Å². The third-order valence-corrected chi connectivity index (χ3v) is 2.61. The van der Waals surface area contributed by atoms with E-state index in [9.17, 15) is 0 Å². The quantitative estimate of drug-likeness (QED) is 0.788. The summed E-state index contributed by atoms with van der Waals surface area (Å²) in [6, 6.07) is 1.79. The van der Waals surface area contributed by atoms with Gasteiger partial charge in [0.05, 0.1) is 12.3 Å². The first kappa shape index (κ1) is 9.17. The zero-order valence-corrected chi connectivity index (χ0v) is 8.12. The van der Waals surface area contributed by atoms with Gasteiger partial charge in [-0.1, -0.05) is 5.16 Å². The summed E-state index contributed by atoms with van der Waals surface area (Å²) in [6.45, 7) is 0.0128. The lowest BCUT2D eigenvalue weighted by atomic mass is 10.4. The molecule has 0 atom stereocenters. The first-order chi connectivity index (χ1) is 6.81. The zero-order valence-electron chi connectivity index (χ0n) is 7.30. The van der Waals surface area contributed by atoms with Gasteiger partial charge in [0.15, 0.2) is 5.82 Å². The standard InChI is InChI=1S/C8H9N3O2S/c9-5-2-4-14-7(5)8-10-6(1-3-12)11-13-8/h2,4,12H,1,3,9H2. The molecule has 0 unspecified atom stereocenters. The van der Waals surface area contributed by atoms with Crippen molar-refractivity contribution in [2.75, 3.05) is 12.3 Å². The topological polar surface area (TPSA) is 85.2 Å². The molecule has 0 aromatic carbocycles. The van der Waals surface area contributed by atoms with Crippen LogP contribution in [0, 0.1) is 0 Å². The molecule has 0 aliphatic rings. The van der Waals surface area contributed by atoms with E-state index in [1.54, 1.807) is 6.07 Å². The van der Waals surface area contributed by atoms with Crippen molar-refractivity contribution in [2.45, 2.75) is 6.42 Å². The number of hydrogen-bond donors (Lipinski definition) is 2. The van der Waals surface area contributed by atoms with E-state index < -0.39 is 0 Å². The first-order valence-electron chi connectivity index (χ1n) is 4.08. The van der Waals surface area contributed by atoms with Crippen LogP contribution < -0.4 is 5.73 Å². The molecule has 0 saturated carbocycles. The van der Waals surface area contributed by atoms with Gasteiger partial charge in [0, 0.05) is 6.42 Å². The normalized spacial score (nSPS) is 10.6. The molecule has 5 nitrogen and oxygen atoms in total. The number of anilines is 1. The second-order valence-electron chi connectivity index (χ2n) is 2.69. The van der Waals surface area contributed by atoms with Crippen LogP contribution in [-0.2, 0) is 6.42 Å². The number of thiophene rings is 1. The monoisotopic (exact) mass is 211 g/mol. The highest BCUT2D eigenvalue weighted by Gasteiger charge is 2.12. The SMILES string of the molecule is Nc1ccsc1-c1nc(CCO)no1. The van der Waals surface area contributed by atoms with Gasteiger partial charge in [-0.05, 0) is 11.4 Å². The van der Waals surface area contributed by atoms with Gasteiger partial charge in [-0.2, -0.15) is 4.98 Å². The Balaban J connectivity index is 2.29. The van der Waals surface area contributed by atoms with Gasteiger partial charge < -0.3 is 15.4 Å². The maximum absolute atomic E-state index is 8.67. The average Bonchev–Trinajstić information content (AvgIpc) is 2.74. The second-order valence-corrected chi connectivity index (χ2v) is 3.61. The van der Waals surface area contributed by atoms with Gasteiger partial charge in [0.25, 0.3) is 5.89 Å². The summed E-state index contributed by atoms with van der Waals surface area (Å²) in [4.78, 5) is 4.88. The van der Waals surface area contributed by atoms with Gasteiger partial charge in [-0.15, -0.1) is 11.3 Å². The summed E-state index contributed by atoms with van der Waals surface area (Å²) in [5.74, 6) is 0.913. The van der Waals surface area contributed by atoms with E-state index in [-0.39, 0.29) is 6.61 Å². The molecule has 2 rings (SSSR count). The lowest BCUT2D eigenvalue weighted by Crippen LogP contribution is -1.92. The number of aromatic nitrogens is 2. The molecule has 6 heteroatoms. The largest absolute Gasteiger partial charge is 0.397 e. The number of nitrogen functional groups attached to an aromatic ring is 1. The predicted molar refractivity (Wildman–Crippen MR) is 52.8 cm³/mol. The van der Waals surface area contributed by atoms with Crippen molar-refractivity contribution in [3.05, 3.63) is 17.3 Å². The number of hydrogen-bond acceptors (Lipinski definition) is 6. The molecular formula is C8H9N3O2S. The molecule has 0 radical (unpaired) electrons. The Bertz CT molecular complexity index is 424. The number of aliphatic hydroxyl groups is 1. The molecule has 0 bridgehead atoms. The van der Waals surface area contributed by atoms with Crippen molar-refractivity contribution >= 4 is 17.0 Å². The number of rotatable bonds is 3. The molecule has 0 fully saturated rings. The molecule has 0 aliphatic carbocycles. The van der Waals surface area contributed by atoms with Gasteiger partial charge in [0.2, 0.25) is 0 Å². The summed E-state index contributed by atoms with van der Waals surface area (Å²) < 4.78 is 5.00. The summed E-state index contributed by atoms with van der Waals surface area (Å²) in [6.07, 6.45) is 0.398. The summed E-state index contributed by atoms with van der Waals surface area (Å²) in [7, 11) is 0. The highest BCUT2D eigenvalue weighted by atomic mass is 32.1. The first-order valence-corrected chi connectivity index (χ1v) is 4.96. The van der Waals surface area contributed by atoms with Crippen molar-refractivity contribution in [3.63, 3.8) is 0 Å². The molecule has 14 heavy (non-hydrogen) atoms. The number of nitrogens with zero attached hydrogens (tertiary/aromatic N) is 2. The smallest absolute Gasteiger partial charge is 0.270 e. The molecule has 2 aromatic rings. The Morgan fingerprint density at radius 3 is 3.07 bits per heavy atom. The van der Waals surface area contributed by atoms with Crippen LogP contribution in [0.1, 0.15) is 5.82 Å². The fraction of sp³-hybridized carbons (Fsp3) is 0.250. The minimum absolute atomic E-state index is 0.0128. The highest BCUT2D eigenvalue weighted by molar-refractivity contribution is 7.14. The molecule has 2 aromatic heterocycles. The van der Waals surface area contributed by atoms with Crippen LogP contribution >= 0.6 is 11.3 Å². The van der Waals surface area contributed by atoms with E-state index in [1.807, 2.05) is 5.38 Å². The molecule has 74 valence electrons. The van der Waals surface area contributed by atoms with Crippen molar-refractivity contribution in [1.29, 1.82) is 0 Å². The third kappa shape index (κ3) is 1.61. The van der Waals surface area contributed by atoms with Crippen LogP contribution in [-0.4, -0.2) is 21.9 Å². The van der Waals surface area contributed by atoms with Crippen molar-refractivity contribution in [1.82, 2.24) is 10.1 Å². The van der Waals surface area contributed by atoms with E-state index in [0.29, 0.717) is 23.8 Å². The molecule has 2 heterocycles. The summed E-state index contributed by atoms with van der Waals surface area (Å²) >= 11 is 1.45. The van der Waals surface area contributed by atoms with Gasteiger partial charge >= 0.3 is 0 Å². The molecule has 0 amide bonds. The Morgan fingerprint density at radius 1 is 1.57 bits per heavy atom. The second kappa shape index (κ2) is 3.77. The summed E-state index contributed by atoms with van der Waals surface area (Å²) in [5.41, 5.74) is 6.32. The minimum Gasteiger partial charge on any atom is -0.397 e. The van der Waals surface area contributed by atoms with Crippen LogP contribution in [0.5, 0.6) is 0 Å². The maximum Gasteiger partial charge on any atom is 0.270 e. The van der Waals surface area contributed by atoms with Crippen LogP contribution in [0.15, 0.2) is 16.0 Å². The van der Waals surface area contributed by atoms with E-state index in [0.717, 1.165) is 4.88 Å². The molecule has 0 spiro atoms. The lowest BCUT2D eigenvalue weighted by Gasteiger charge is -1.88. The zero-order chi connectivity index (χ0) is 9.97. The number of aliphatic hydroxyl groups excluding tert-OH is 1. The third-order valence-electron chi connectivity index (χ3n) is 1.69. The van der Waals surface area contributed by atoms with Gasteiger partial charge in [-0.3, -0.25) is 0 Å². The fourth-order valence-electron chi connectivity index (χ4n) is 1.04. The molecule has 0 saturated heterocycles. The van der Waals surface area contributed by atoms with Crippen molar-refractivity contribution < 1.29 is 9.63 Å². The van der Waals surface area contributed by atoms with Gasteiger partial charge in [0.1, 0.15) is 4.88 Å². The molecule has 0 aliphatic heterocycles. The van der Waals surface area contributed by atoms with Crippen LogP contribution in [0.2, 0.25) is 0 Å². The highest BCUT2D eigenvalue weighted by Crippen LogP contribution is 2.29. The Labute approximate surface area is 84.2 Å². The Morgan fingerprint density at radius 2 is 2.43 bits per heavy atom. The fourth-order valence-corrected chi connectivity index (χ4v) is 1.78. The number of nitrogens with two attached hydrogens (primary N) is 1. The predicted octanol–water partition coefficient (Wildman–Crippen LogP) is 0.915.